The molecule has 1 aromatic carbocycles. The van der Waals surface area contributed by atoms with E-state index >= 15 is 0 Å². The second kappa shape index (κ2) is 8.71. The molecule has 2 N–H and O–H groups in total. The minimum absolute atomic E-state index is 0.143. The first kappa shape index (κ1) is 16.7. The Bertz CT molecular complexity index is 547. The van der Waals surface area contributed by atoms with E-state index in [1.54, 1.807) is 6.92 Å². The summed E-state index contributed by atoms with van der Waals surface area (Å²) in [4.78, 5) is 23.3. The van der Waals surface area contributed by atoms with Crippen molar-refractivity contribution in [2.45, 2.75) is 6.92 Å². The first-order valence-electron chi connectivity index (χ1n) is 6.55. The topological polar surface area (TPSA) is 78.6 Å². The maximum atomic E-state index is 12.1. The predicted molar refractivity (Wildman–Crippen MR) is 80.2 cm³/mol. The molecule has 0 aliphatic rings. The van der Waals surface area contributed by atoms with Crippen molar-refractivity contribution in [3.63, 3.8) is 0 Å². The molecule has 0 aromatic heterocycles. The Kier molecular flexibility index (Phi) is 6.91. The van der Waals surface area contributed by atoms with E-state index in [4.69, 9.17) is 10.5 Å². The zero-order chi connectivity index (χ0) is 15.7. The Morgan fingerprint density at radius 2 is 1.86 bits per heavy atom. The van der Waals surface area contributed by atoms with Crippen LogP contribution in [0.2, 0.25) is 0 Å². The number of benzene rings is 1. The summed E-state index contributed by atoms with van der Waals surface area (Å²) >= 11 is 0. The highest BCUT2D eigenvalue weighted by Gasteiger charge is 2.15. The van der Waals surface area contributed by atoms with Gasteiger partial charge in [-0.25, -0.2) is 9.59 Å². The van der Waals surface area contributed by atoms with Crippen molar-refractivity contribution < 1.29 is 19.1 Å². The van der Waals surface area contributed by atoms with Gasteiger partial charge in [-0.05, 0) is 24.1 Å². The molecule has 1 aromatic rings. The lowest BCUT2D eigenvalue weighted by Crippen LogP contribution is -2.13. The Hall–Kier alpha value is -2.40. The lowest BCUT2D eigenvalue weighted by molar-refractivity contribution is -0.138. The number of hydrogen-bond donors (Lipinski definition) is 1. The van der Waals surface area contributed by atoms with Crippen LogP contribution in [0.5, 0.6) is 0 Å². The third kappa shape index (κ3) is 4.89. The summed E-state index contributed by atoms with van der Waals surface area (Å²) in [6.07, 6.45) is 2.55. The third-order valence-electron chi connectivity index (χ3n) is 2.73. The number of esters is 2. The molecule has 0 fully saturated rings. The molecule has 5 nitrogen and oxygen atoms in total. The highest BCUT2D eigenvalue weighted by Crippen LogP contribution is 2.20. The molecule has 0 unspecified atom stereocenters. The Balaban J connectivity index is 3.30. The zero-order valence-electron chi connectivity index (χ0n) is 12.2. The summed E-state index contributed by atoms with van der Waals surface area (Å²) in [7, 11) is 1.27. The molecule has 0 heterocycles. The summed E-state index contributed by atoms with van der Waals surface area (Å²) in [6, 6.07) is 9.24. The lowest BCUT2D eigenvalue weighted by atomic mass is 9.99. The van der Waals surface area contributed by atoms with Crippen LogP contribution in [0.1, 0.15) is 12.5 Å². The first-order chi connectivity index (χ1) is 10.1. The molecule has 21 heavy (non-hydrogen) atoms. The number of carbonyl (C=O) groups is 2. The van der Waals surface area contributed by atoms with Gasteiger partial charge in [-0.1, -0.05) is 30.3 Å². The Morgan fingerprint density at radius 3 is 2.38 bits per heavy atom. The molecule has 112 valence electrons. The second-order valence-corrected chi connectivity index (χ2v) is 4.04. The van der Waals surface area contributed by atoms with Gasteiger partial charge in [0.15, 0.2) is 0 Å². The maximum absolute atomic E-state index is 12.1. The molecular formula is C16H19NO4. The predicted octanol–water partition coefficient (Wildman–Crippen LogP) is 1.69. The quantitative estimate of drug-likeness (QED) is 0.490. The first-order valence-corrected chi connectivity index (χ1v) is 6.55. The molecule has 5 heteroatoms. The summed E-state index contributed by atoms with van der Waals surface area (Å²) in [6.45, 7) is 2.09. The Morgan fingerprint density at radius 1 is 1.19 bits per heavy atom. The van der Waals surface area contributed by atoms with Gasteiger partial charge in [-0.2, -0.15) is 0 Å². The van der Waals surface area contributed by atoms with Gasteiger partial charge in [0, 0.05) is 12.6 Å². The lowest BCUT2D eigenvalue weighted by Gasteiger charge is -2.11. The van der Waals surface area contributed by atoms with Gasteiger partial charge in [-0.15, -0.1) is 0 Å². The van der Waals surface area contributed by atoms with Crippen molar-refractivity contribution in [3.05, 3.63) is 53.6 Å². The fourth-order valence-corrected chi connectivity index (χ4v) is 1.74. The third-order valence-corrected chi connectivity index (χ3v) is 2.73. The second-order valence-electron chi connectivity index (χ2n) is 4.04. The average molecular weight is 289 g/mol. The average Bonchev–Trinajstić information content (AvgIpc) is 2.52. The van der Waals surface area contributed by atoms with Crippen LogP contribution in [0.15, 0.2) is 48.1 Å². The molecule has 0 radical (unpaired) electrons. The Labute approximate surface area is 124 Å². The van der Waals surface area contributed by atoms with Gasteiger partial charge < -0.3 is 15.2 Å². The van der Waals surface area contributed by atoms with E-state index in [2.05, 4.69) is 4.74 Å². The molecule has 0 aliphatic heterocycles. The van der Waals surface area contributed by atoms with E-state index in [-0.39, 0.29) is 18.7 Å². The molecule has 0 saturated heterocycles. The fraction of sp³-hybridized carbons (Fsp3) is 0.250. The van der Waals surface area contributed by atoms with E-state index in [9.17, 15) is 9.59 Å². The monoisotopic (exact) mass is 289 g/mol. The molecule has 0 atom stereocenters. The van der Waals surface area contributed by atoms with Crippen molar-refractivity contribution in [1.29, 1.82) is 0 Å². The highest BCUT2D eigenvalue weighted by molar-refractivity contribution is 6.02. The fourth-order valence-electron chi connectivity index (χ4n) is 1.74. The van der Waals surface area contributed by atoms with Crippen molar-refractivity contribution in [3.8, 4) is 0 Å². The van der Waals surface area contributed by atoms with Crippen molar-refractivity contribution >= 4 is 17.5 Å². The molecule has 0 saturated carbocycles. The van der Waals surface area contributed by atoms with Crippen molar-refractivity contribution in [2.24, 2.45) is 5.73 Å². The van der Waals surface area contributed by atoms with Crippen LogP contribution < -0.4 is 5.73 Å². The normalized spacial score (nSPS) is 12.0. The molecule has 0 spiro atoms. The summed E-state index contributed by atoms with van der Waals surface area (Å²) in [5, 5.41) is 0. The number of nitrogens with two attached hydrogens (primary N) is 1. The largest absolute Gasteiger partial charge is 0.466 e. The summed E-state index contributed by atoms with van der Waals surface area (Å²) < 4.78 is 9.55. The standard InChI is InChI=1S/C16H19NO4/c1-3-21-16(19)13(9-10-15(18)20-2)14(11-17)12-7-5-4-6-8-12/h4-10H,3,11,17H2,1-2H3. The van der Waals surface area contributed by atoms with Crippen LogP contribution in [0, 0.1) is 0 Å². The van der Waals surface area contributed by atoms with Gasteiger partial charge in [0.1, 0.15) is 0 Å². The minimum Gasteiger partial charge on any atom is -0.466 e. The number of hydrogen-bond acceptors (Lipinski definition) is 5. The van der Waals surface area contributed by atoms with Crippen molar-refractivity contribution in [2.75, 3.05) is 20.3 Å². The number of rotatable bonds is 6. The van der Waals surface area contributed by atoms with Gasteiger partial charge >= 0.3 is 11.9 Å². The van der Waals surface area contributed by atoms with E-state index in [0.29, 0.717) is 5.57 Å². The molecule has 1 rings (SSSR count). The van der Waals surface area contributed by atoms with Gasteiger partial charge in [0.2, 0.25) is 0 Å². The van der Waals surface area contributed by atoms with Crippen LogP contribution in [0.25, 0.3) is 5.57 Å². The summed E-state index contributed by atoms with van der Waals surface area (Å²) in [5.41, 5.74) is 7.42. The molecule has 0 amide bonds. The van der Waals surface area contributed by atoms with Crippen LogP contribution in [0.3, 0.4) is 0 Å². The van der Waals surface area contributed by atoms with Crippen LogP contribution >= 0.6 is 0 Å². The summed E-state index contributed by atoms with van der Waals surface area (Å²) in [5.74, 6) is -1.08. The van der Waals surface area contributed by atoms with Crippen LogP contribution in [-0.4, -0.2) is 32.2 Å². The van der Waals surface area contributed by atoms with Gasteiger partial charge in [0.05, 0.1) is 19.3 Å². The smallest absolute Gasteiger partial charge is 0.338 e. The van der Waals surface area contributed by atoms with Crippen LogP contribution in [-0.2, 0) is 19.1 Å². The van der Waals surface area contributed by atoms with E-state index in [1.165, 1.54) is 19.3 Å². The zero-order valence-corrected chi connectivity index (χ0v) is 12.2. The number of methoxy groups -OCH3 is 1. The minimum atomic E-state index is -0.554. The molecule has 0 aliphatic carbocycles. The van der Waals surface area contributed by atoms with E-state index in [1.807, 2.05) is 30.3 Å². The van der Waals surface area contributed by atoms with E-state index < -0.39 is 11.9 Å². The maximum Gasteiger partial charge on any atom is 0.338 e. The highest BCUT2D eigenvalue weighted by atomic mass is 16.5. The molecular weight excluding hydrogens is 270 g/mol. The number of ether oxygens (including phenoxy) is 2. The van der Waals surface area contributed by atoms with Crippen molar-refractivity contribution in [1.82, 2.24) is 0 Å². The van der Waals surface area contributed by atoms with Crippen LogP contribution in [0.4, 0.5) is 0 Å². The van der Waals surface area contributed by atoms with Gasteiger partial charge in [-0.3, -0.25) is 0 Å². The SMILES string of the molecule is CCOC(=O)C(C=CC(=O)OC)=C(CN)c1ccccc1. The van der Waals surface area contributed by atoms with E-state index in [0.717, 1.165) is 5.56 Å². The number of carbonyl (C=O) groups excluding carboxylic acids is 2. The van der Waals surface area contributed by atoms with Gasteiger partial charge in [0.25, 0.3) is 0 Å². The molecule has 0 bridgehead atoms.